The first-order chi connectivity index (χ1) is 15.5. The predicted molar refractivity (Wildman–Crippen MR) is 132 cm³/mol. The van der Waals surface area contributed by atoms with E-state index in [1.807, 2.05) is 48.5 Å². The van der Waals surface area contributed by atoms with Crippen molar-refractivity contribution in [1.82, 2.24) is 9.88 Å². The highest BCUT2D eigenvalue weighted by atomic mass is 35.5. The van der Waals surface area contributed by atoms with Gasteiger partial charge in [-0.3, -0.25) is 14.7 Å². The summed E-state index contributed by atoms with van der Waals surface area (Å²) in [4.78, 5) is 19.2. The number of nitrogens with zero attached hydrogens (tertiary/aromatic N) is 2. The SMILES string of the molecule is CC1CCN(Cc2ccc(NC(=O)/C=C/c3ccc(-c4ccc(Cl)cc4)cn3)cc2)CC1. The zero-order valence-corrected chi connectivity index (χ0v) is 19.1. The molecule has 32 heavy (non-hydrogen) atoms. The van der Waals surface area contributed by atoms with Crippen LogP contribution in [0.15, 0.2) is 72.9 Å². The largest absolute Gasteiger partial charge is 0.323 e. The number of benzene rings is 2. The van der Waals surface area contributed by atoms with Crippen LogP contribution in [0.2, 0.25) is 5.02 Å². The summed E-state index contributed by atoms with van der Waals surface area (Å²) >= 11 is 5.94. The summed E-state index contributed by atoms with van der Waals surface area (Å²) in [7, 11) is 0. The number of rotatable bonds is 6. The van der Waals surface area contributed by atoms with Gasteiger partial charge in [-0.05, 0) is 79.4 Å². The first-order valence-electron chi connectivity index (χ1n) is 11.1. The van der Waals surface area contributed by atoms with Crippen molar-refractivity contribution in [2.75, 3.05) is 18.4 Å². The maximum absolute atomic E-state index is 12.3. The fourth-order valence-electron chi connectivity index (χ4n) is 3.83. The van der Waals surface area contributed by atoms with Gasteiger partial charge in [-0.15, -0.1) is 0 Å². The Balaban J connectivity index is 1.29. The van der Waals surface area contributed by atoms with E-state index in [1.54, 1.807) is 12.3 Å². The fourth-order valence-corrected chi connectivity index (χ4v) is 3.96. The van der Waals surface area contributed by atoms with Crippen molar-refractivity contribution in [1.29, 1.82) is 0 Å². The molecule has 2 heterocycles. The molecule has 1 amide bonds. The number of aromatic nitrogens is 1. The van der Waals surface area contributed by atoms with Gasteiger partial charge in [-0.2, -0.15) is 0 Å². The highest BCUT2D eigenvalue weighted by Gasteiger charge is 2.15. The Hall–Kier alpha value is -2.95. The summed E-state index contributed by atoms with van der Waals surface area (Å²) in [6.45, 7) is 5.63. The molecule has 0 atom stereocenters. The van der Waals surface area contributed by atoms with Crippen molar-refractivity contribution < 1.29 is 4.79 Å². The highest BCUT2D eigenvalue weighted by molar-refractivity contribution is 6.30. The van der Waals surface area contributed by atoms with Crippen LogP contribution in [0, 0.1) is 5.92 Å². The molecule has 2 aromatic carbocycles. The quantitative estimate of drug-likeness (QED) is 0.454. The van der Waals surface area contributed by atoms with Gasteiger partial charge in [-0.25, -0.2) is 0 Å². The molecule has 4 nitrogen and oxygen atoms in total. The van der Waals surface area contributed by atoms with Crippen LogP contribution in [-0.2, 0) is 11.3 Å². The van der Waals surface area contributed by atoms with E-state index < -0.39 is 0 Å². The third-order valence-electron chi connectivity index (χ3n) is 5.87. The molecule has 0 spiro atoms. The van der Waals surface area contributed by atoms with Crippen LogP contribution >= 0.6 is 11.6 Å². The Bertz CT molecular complexity index is 1050. The molecule has 0 aliphatic carbocycles. The first-order valence-corrected chi connectivity index (χ1v) is 11.5. The summed E-state index contributed by atoms with van der Waals surface area (Å²) in [5.74, 6) is 0.667. The van der Waals surface area contributed by atoms with Crippen LogP contribution in [0.1, 0.15) is 31.0 Å². The predicted octanol–water partition coefficient (Wildman–Crippen LogP) is 6.29. The number of anilines is 1. The second-order valence-corrected chi connectivity index (χ2v) is 8.89. The maximum atomic E-state index is 12.3. The number of piperidine rings is 1. The normalized spacial score (nSPS) is 15.2. The van der Waals surface area contributed by atoms with E-state index >= 15 is 0 Å². The van der Waals surface area contributed by atoms with Gasteiger partial charge >= 0.3 is 0 Å². The van der Waals surface area contributed by atoms with E-state index in [1.165, 1.54) is 37.6 Å². The summed E-state index contributed by atoms with van der Waals surface area (Å²) < 4.78 is 0. The second-order valence-electron chi connectivity index (χ2n) is 8.46. The van der Waals surface area contributed by atoms with E-state index in [4.69, 9.17) is 11.6 Å². The monoisotopic (exact) mass is 445 g/mol. The lowest BCUT2D eigenvalue weighted by molar-refractivity contribution is -0.111. The van der Waals surface area contributed by atoms with Gasteiger partial charge in [0, 0.05) is 35.1 Å². The minimum atomic E-state index is -0.175. The molecule has 1 fully saturated rings. The van der Waals surface area contributed by atoms with Gasteiger partial charge in [0.1, 0.15) is 0 Å². The molecule has 0 radical (unpaired) electrons. The standard InChI is InChI=1S/C27H28ClN3O/c1-20-14-16-31(17-15-20)19-21-2-9-26(10-3-21)30-27(32)13-12-25-11-6-23(18-29-25)22-4-7-24(28)8-5-22/h2-13,18,20H,14-17,19H2,1H3,(H,30,32)/b13-12+. The Labute approximate surface area is 194 Å². The van der Waals surface area contributed by atoms with Crippen LogP contribution in [0.5, 0.6) is 0 Å². The summed E-state index contributed by atoms with van der Waals surface area (Å²) in [5.41, 5.74) is 4.85. The van der Waals surface area contributed by atoms with Crippen LogP contribution in [0.25, 0.3) is 17.2 Å². The van der Waals surface area contributed by atoms with Crippen molar-refractivity contribution in [2.45, 2.75) is 26.3 Å². The lowest BCUT2D eigenvalue weighted by Gasteiger charge is -2.30. The number of halogens is 1. The van der Waals surface area contributed by atoms with Crippen molar-refractivity contribution >= 4 is 29.3 Å². The van der Waals surface area contributed by atoms with E-state index in [0.717, 1.165) is 35.0 Å². The highest BCUT2D eigenvalue weighted by Crippen LogP contribution is 2.21. The average Bonchev–Trinajstić information content (AvgIpc) is 2.81. The van der Waals surface area contributed by atoms with Gasteiger partial charge in [0.15, 0.2) is 0 Å². The Morgan fingerprint density at radius 1 is 1.03 bits per heavy atom. The molecule has 1 saturated heterocycles. The third-order valence-corrected chi connectivity index (χ3v) is 6.13. The average molecular weight is 446 g/mol. The van der Waals surface area contributed by atoms with E-state index in [0.29, 0.717) is 5.02 Å². The molecular formula is C27H28ClN3O. The molecule has 1 aliphatic rings. The summed E-state index contributed by atoms with van der Waals surface area (Å²) in [6.07, 6.45) is 7.57. The maximum Gasteiger partial charge on any atom is 0.248 e. The molecule has 1 aliphatic heterocycles. The first kappa shape index (κ1) is 22.3. The zero-order chi connectivity index (χ0) is 22.3. The molecule has 5 heteroatoms. The number of likely N-dealkylation sites (tertiary alicyclic amines) is 1. The summed E-state index contributed by atoms with van der Waals surface area (Å²) in [6, 6.07) is 19.6. The minimum absolute atomic E-state index is 0.175. The number of amides is 1. The van der Waals surface area contributed by atoms with Crippen molar-refractivity contribution in [3.8, 4) is 11.1 Å². The van der Waals surface area contributed by atoms with Crippen molar-refractivity contribution in [2.24, 2.45) is 5.92 Å². The number of carbonyl (C=O) groups excluding carboxylic acids is 1. The van der Waals surface area contributed by atoms with Gasteiger partial charge in [0.05, 0.1) is 5.69 Å². The molecule has 0 bridgehead atoms. The van der Waals surface area contributed by atoms with Crippen LogP contribution in [0.3, 0.4) is 0 Å². The van der Waals surface area contributed by atoms with Crippen molar-refractivity contribution in [3.05, 3.63) is 89.2 Å². The number of nitrogens with one attached hydrogen (secondary N) is 1. The second kappa shape index (κ2) is 10.6. The Kier molecular flexibility index (Phi) is 7.35. The smallest absolute Gasteiger partial charge is 0.248 e. The molecular weight excluding hydrogens is 418 g/mol. The van der Waals surface area contributed by atoms with Crippen LogP contribution in [-0.4, -0.2) is 28.9 Å². The zero-order valence-electron chi connectivity index (χ0n) is 18.3. The molecule has 3 aromatic rings. The van der Waals surface area contributed by atoms with E-state index in [2.05, 4.69) is 34.3 Å². The number of carbonyl (C=O) groups is 1. The lowest BCUT2D eigenvalue weighted by Crippen LogP contribution is -2.32. The van der Waals surface area contributed by atoms with Crippen LogP contribution < -0.4 is 5.32 Å². The van der Waals surface area contributed by atoms with E-state index in [9.17, 15) is 4.79 Å². The molecule has 0 saturated carbocycles. The van der Waals surface area contributed by atoms with Gasteiger partial charge in [0.2, 0.25) is 5.91 Å². The molecule has 4 rings (SSSR count). The van der Waals surface area contributed by atoms with Gasteiger partial charge in [0.25, 0.3) is 0 Å². The number of pyridine rings is 1. The van der Waals surface area contributed by atoms with Gasteiger partial charge < -0.3 is 5.32 Å². The Morgan fingerprint density at radius 2 is 1.72 bits per heavy atom. The van der Waals surface area contributed by atoms with Crippen LogP contribution in [0.4, 0.5) is 5.69 Å². The molecule has 0 unspecified atom stereocenters. The molecule has 1 aromatic heterocycles. The van der Waals surface area contributed by atoms with Gasteiger partial charge in [-0.1, -0.05) is 48.9 Å². The van der Waals surface area contributed by atoms with E-state index in [-0.39, 0.29) is 5.91 Å². The molecule has 164 valence electrons. The van der Waals surface area contributed by atoms with Crippen molar-refractivity contribution in [3.63, 3.8) is 0 Å². The fraction of sp³-hybridized carbons (Fsp3) is 0.259. The molecule has 1 N–H and O–H groups in total. The lowest BCUT2D eigenvalue weighted by atomic mass is 9.99. The minimum Gasteiger partial charge on any atom is -0.323 e. The summed E-state index contributed by atoms with van der Waals surface area (Å²) in [5, 5.41) is 3.62. The number of hydrogen-bond acceptors (Lipinski definition) is 3. The Morgan fingerprint density at radius 3 is 2.38 bits per heavy atom. The topological polar surface area (TPSA) is 45.2 Å². The number of hydrogen-bond donors (Lipinski definition) is 1. The third kappa shape index (κ3) is 6.28.